The van der Waals surface area contributed by atoms with E-state index in [0.717, 1.165) is 22.8 Å². The Kier molecular flexibility index (Phi) is 8.29. The van der Waals surface area contributed by atoms with Gasteiger partial charge in [-0.05, 0) is 138 Å². The number of fused-ring (bicyclic) bond motifs is 13. The van der Waals surface area contributed by atoms with Crippen LogP contribution in [0.1, 0.15) is 44.5 Å². The fourth-order valence-corrected chi connectivity index (χ4v) is 11.8. The van der Waals surface area contributed by atoms with Crippen molar-refractivity contribution >= 4 is 17.1 Å². The summed E-state index contributed by atoms with van der Waals surface area (Å²) in [6.07, 6.45) is 0. The van der Waals surface area contributed by atoms with Crippen molar-refractivity contribution in [1.82, 2.24) is 0 Å². The Morgan fingerprint density at radius 2 is 0.662 bits per heavy atom. The minimum atomic E-state index is -0.584. The number of nitrogens with zero attached hydrogens (tertiary/aromatic N) is 1. The van der Waals surface area contributed by atoms with Crippen LogP contribution in [-0.4, -0.2) is 7.11 Å². The largest absolute Gasteiger partial charge is 0.497 e. The molecule has 0 fully saturated rings. The predicted molar refractivity (Wildman–Crippen MR) is 267 cm³/mol. The minimum absolute atomic E-state index is 0.464. The van der Waals surface area contributed by atoms with Gasteiger partial charge in [0.25, 0.3) is 0 Å². The summed E-state index contributed by atoms with van der Waals surface area (Å²) in [6.45, 7) is 0. The van der Waals surface area contributed by atoms with Crippen molar-refractivity contribution in [2.24, 2.45) is 0 Å². The summed E-state index contributed by atoms with van der Waals surface area (Å²) >= 11 is 0. The molecule has 306 valence electrons. The van der Waals surface area contributed by atoms with E-state index >= 15 is 0 Å². The molecule has 13 rings (SSSR count). The van der Waals surface area contributed by atoms with Crippen molar-refractivity contribution in [3.05, 3.63) is 287 Å². The lowest BCUT2D eigenvalue weighted by atomic mass is 9.67. The Labute approximate surface area is 380 Å². The maximum atomic E-state index is 5.71. The van der Waals surface area contributed by atoms with Crippen molar-refractivity contribution < 1.29 is 4.74 Å². The molecular weight excluding hydrogens is 787 g/mol. The zero-order valence-electron chi connectivity index (χ0n) is 35.9. The third kappa shape index (κ3) is 5.23. The summed E-state index contributed by atoms with van der Waals surface area (Å²) in [4.78, 5) is 2.48. The number of hydrogen-bond donors (Lipinski definition) is 0. The van der Waals surface area contributed by atoms with E-state index in [0.29, 0.717) is 0 Å². The first-order chi connectivity index (χ1) is 32.2. The third-order valence-electron chi connectivity index (χ3n) is 14.5. The van der Waals surface area contributed by atoms with E-state index in [1.54, 1.807) is 7.11 Å². The molecule has 1 unspecified atom stereocenters. The van der Waals surface area contributed by atoms with Crippen LogP contribution in [0.5, 0.6) is 5.75 Å². The van der Waals surface area contributed by atoms with Crippen LogP contribution in [0.3, 0.4) is 0 Å². The van der Waals surface area contributed by atoms with Gasteiger partial charge in [-0.1, -0.05) is 194 Å². The molecule has 3 aliphatic rings. The van der Waals surface area contributed by atoms with Gasteiger partial charge >= 0.3 is 0 Å². The topological polar surface area (TPSA) is 12.5 Å². The van der Waals surface area contributed by atoms with Crippen LogP contribution in [0, 0.1) is 0 Å². The number of anilines is 3. The van der Waals surface area contributed by atoms with Gasteiger partial charge in [0.1, 0.15) is 5.75 Å². The monoisotopic (exact) mass is 829 g/mol. The normalized spacial score (nSPS) is 15.3. The van der Waals surface area contributed by atoms with E-state index in [4.69, 9.17) is 4.74 Å². The summed E-state index contributed by atoms with van der Waals surface area (Å²) in [6, 6.07) is 90.0. The van der Waals surface area contributed by atoms with Crippen molar-refractivity contribution in [3.8, 4) is 50.3 Å². The quantitative estimate of drug-likeness (QED) is 0.159. The lowest BCUT2D eigenvalue weighted by Crippen LogP contribution is -2.28. The lowest BCUT2D eigenvalue weighted by molar-refractivity contribution is 0.414. The number of ether oxygens (including phenoxy) is 1. The van der Waals surface area contributed by atoms with Crippen LogP contribution in [0.4, 0.5) is 17.1 Å². The molecule has 3 aliphatic carbocycles. The van der Waals surface area contributed by atoms with Gasteiger partial charge in [-0.25, -0.2) is 0 Å². The first-order valence-electron chi connectivity index (χ1n) is 22.5. The van der Waals surface area contributed by atoms with E-state index in [2.05, 4.69) is 248 Å². The van der Waals surface area contributed by atoms with Gasteiger partial charge in [-0.3, -0.25) is 0 Å². The van der Waals surface area contributed by atoms with Gasteiger partial charge in [0.2, 0.25) is 0 Å². The number of methoxy groups -OCH3 is 1. The second kappa shape index (κ2) is 14.4. The zero-order valence-corrected chi connectivity index (χ0v) is 35.9. The summed E-state index contributed by atoms with van der Waals surface area (Å²) in [5.41, 5.74) is 22.6. The first-order valence-corrected chi connectivity index (χ1v) is 22.5. The minimum Gasteiger partial charge on any atom is -0.497 e. The average molecular weight is 830 g/mol. The molecule has 65 heavy (non-hydrogen) atoms. The SMILES string of the molecule is COc1ccc(C2(c3ccccc3)c3ccccc3-c3ccc(N(c4ccc(-c5ccccc5)cc4)c4ccc5c(c4)C4(c6ccccc6-c6ccccc64)c4ccccc4-5)cc32)cc1. The van der Waals surface area contributed by atoms with Gasteiger partial charge in [-0.2, -0.15) is 0 Å². The number of hydrogen-bond acceptors (Lipinski definition) is 2. The third-order valence-corrected chi connectivity index (χ3v) is 14.5. The summed E-state index contributed by atoms with van der Waals surface area (Å²) < 4.78 is 5.71. The molecule has 0 bridgehead atoms. The van der Waals surface area contributed by atoms with Crippen LogP contribution in [-0.2, 0) is 10.8 Å². The maximum Gasteiger partial charge on any atom is 0.118 e. The molecule has 1 atom stereocenters. The van der Waals surface area contributed by atoms with E-state index < -0.39 is 10.8 Å². The molecule has 0 radical (unpaired) electrons. The van der Waals surface area contributed by atoms with Gasteiger partial charge in [-0.15, -0.1) is 0 Å². The Hall–Kier alpha value is -8.20. The Balaban J connectivity index is 1.07. The van der Waals surface area contributed by atoms with Crippen molar-refractivity contribution in [1.29, 1.82) is 0 Å². The zero-order chi connectivity index (χ0) is 43.1. The molecule has 0 saturated heterocycles. The van der Waals surface area contributed by atoms with E-state index in [9.17, 15) is 0 Å². The molecule has 0 aliphatic heterocycles. The fourth-order valence-electron chi connectivity index (χ4n) is 11.8. The van der Waals surface area contributed by atoms with Crippen molar-refractivity contribution in [2.45, 2.75) is 10.8 Å². The van der Waals surface area contributed by atoms with Crippen LogP contribution < -0.4 is 9.64 Å². The second-order valence-corrected chi connectivity index (χ2v) is 17.5. The molecular formula is C63H43NO. The Morgan fingerprint density at radius 3 is 1.15 bits per heavy atom. The molecule has 0 saturated carbocycles. The van der Waals surface area contributed by atoms with E-state index in [1.165, 1.54) is 89.0 Å². The van der Waals surface area contributed by atoms with Crippen LogP contribution in [0.15, 0.2) is 243 Å². The van der Waals surface area contributed by atoms with Gasteiger partial charge in [0.05, 0.1) is 17.9 Å². The maximum absolute atomic E-state index is 5.71. The fraction of sp³-hybridized carbons (Fsp3) is 0.0476. The highest BCUT2D eigenvalue weighted by Crippen LogP contribution is 2.64. The molecule has 10 aromatic carbocycles. The summed E-state index contributed by atoms with van der Waals surface area (Å²) in [7, 11) is 1.74. The van der Waals surface area contributed by atoms with E-state index in [-0.39, 0.29) is 0 Å². The Bertz CT molecular complexity index is 3400. The molecule has 2 nitrogen and oxygen atoms in total. The van der Waals surface area contributed by atoms with Gasteiger partial charge < -0.3 is 9.64 Å². The molecule has 1 spiro atoms. The van der Waals surface area contributed by atoms with Gasteiger partial charge in [0, 0.05) is 17.1 Å². The van der Waals surface area contributed by atoms with Gasteiger partial charge in [0.15, 0.2) is 0 Å². The lowest BCUT2D eigenvalue weighted by Gasteiger charge is -2.35. The smallest absolute Gasteiger partial charge is 0.118 e. The van der Waals surface area contributed by atoms with Crippen LogP contribution in [0.2, 0.25) is 0 Å². The highest BCUT2D eigenvalue weighted by Gasteiger charge is 2.52. The summed E-state index contributed by atoms with van der Waals surface area (Å²) in [5, 5.41) is 0. The van der Waals surface area contributed by atoms with Crippen molar-refractivity contribution in [3.63, 3.8) is 0 Å². The standard InChI is InChI=1S/C63H43NO/c1-65-49-36-30-45(31-37-49)62(44-18-6-3-7-19-44)56-24-12-8-22-52(56)54-38-34-47(40-60(54)62)64(46-32-28-43(29-33-46)42-16-4-2-5-17-42)48-35-39-55-53-23-11-15-27-59(53)63(61(55)41-48)57-25-13-9-20-50(57)51-21-10-14-26-58(51)63/h2-41H,1H3. The van der Waals surface area contributed by atoms with Crippen LogP contribution in [0.25, 0.3) is 44.5 Å². The van der Waals surface area contributed by atoms with Crippen LogP contribution >= 0.6 is 0 Å². The van der Waals surface area contributed by atoms with Crippen molar-refractivity contribution in [2.75, 3.05) is 12.0 Å². The summed E-state index contributed by atoms with van der Waals surface area (Å²) in [5.74, 6) is 0.839. The molecule has 0 N–H and O–H groups in total. The van der Waals surface area contributed by atoms with E-state index in [1.807, 2.05) is 0 Å². The highest BCUT2D eigenvalue weighted by atomic mass is 16.5. The average Bonchev–Trinajstić information content (AvgIpc) is 3.97. The molecule has 0 aromatic heterocycles. The second-order valence-electron chi connectivity index (χ2n) is 17.5. The predicted octanol–water partition coefficient (Wildman–Crippen LogP) is 15.5. The molecule has 2 heteroatoms. The molecule has 0 heterocycles. The molecule has 0 amide bonds. The first kappa shape index (κ1) is 37.4. The Morgan fingerprint density at radius 1 is 0.292 bits per heavy atom. The number of rotatable bonds is 7. The highest BCUT2D eigenvalue weighted by molar-refractivity contribution is 5.97. The molecule has 10 aromatic rings. The number of benzene rings is 10.